The molecule has 134 valence electrons. The Morgan fingerprint density at radius 1 is 1.24 bits per heavy atom. The van der Waals surface area contributed by atoms with Gasteiger partial charge in [0.2, 0.25) is 0 Å². The van der Waals surface area contributed by atoms with Gasteiger partial charge in [-0.25, -0.2) is 4.98 Å². The number of aromatic nitrogens is 1. The lowest BCUT2D eigenvalue weighted by atomic mass is 10.0. The van der Waals surface area contributed by atoms with Crippen LogP contribution >= 0.6 is 11.3 Å². The number of thiazole rings is 1. The molecule has 0 saturated carbocycles. The van der Waals surface area contributed by atoms with E-state index in [4.69, 9.17) is 0 Å². The van der Waals surface area contributed by atoms with Gasteiger partial charge in [-0.3, -0.25) is 4.79 Å². The summed E-state index contributed by atoms with van der Waals surface area (Å²) in [6.45, 7) is 5.34. The summed E-state index contributed by atoms with van der Waals surface area (Å²) in [5.74, 6) is 0.0441. The summed E-state index contributed by atoms with van der Waals surface area (Å²) in [5, 5.41) is 4.25. The summed E-state index contributed by atoms with van der Waals surface area (Å²) < 4.78 is 0. The normalized spacial score (nSPS) is 16.0. The number of nitrogens with zero attached hydrogens (tertiary/aromatic N) is 2. The molecule has 1 N–H and O–H groups in total. The number of rotatable bonds is 7. The maximum Gasteiger partial charge on any atom is 0.263 e. The monoisotopic (exact) mass is 357 g/mol. The number of hydrogen-bond donors (Lipinski definition) is 1. The largest absolute Gasteiger partial charge is 0.348 e. The fourth-order valence-electron chi connectivity index (χ4n) is 3.23. The molecule has 3 rings (SSSR count). The Morgan fingerprint density at radius 3 is 2.72 bits per heavy atom. The van der Waals surface area contributed by atoms with E-state index in [1.54, 1.807) is 6.20 Å². The molecule has 4 nitrogen and oxygen atoms in total. The van der Waals surface area contributed by atoms with E-state index in [9.17, 15) is 4.79 Å². The molecular formula is C20H27N3OS. The fourth-order valence-corrected chi connectivity index (χ4v) is 4.16. The average Bonchev–Trinajstić information content (AvgIpc) is 3.11. The Morgan fingerprint density at radius 2 is 2.00 bits per heavy atom. The number of nitrogens with one attached hydrogen (secondary N) is 1. The van der Waals surface area contributed by atoms with E-state index < -0.39 is 0 Å². The number of benzene rings is 1. The molecule has 2 heterocycles. The number of amides is 1. The number of carbonyl (C=O) groups is 1. The van der Waals surface area contributed by atoms with E-state index in [1.807, 2.05) is 0 Å². The highest BCUT2D eigenvalue weighted by molar-refractivity contribution is 7.13. The van der Waals surface area contributed by atoms with Gasteiger partial charge in [0.15, 0.2) is 0 Å². The Hall–Kier alpha value is -1.72. The standard InChI is InChI=1S/C20H27N3OS/c1-2-6-19-21-15-18(25-19)20(24)22-17-10-13-23(14-11-17)12-9-16-7-4-3-5-8-16/h3-5,7-8,15,17H,2,6,9-14H2,1H3,(H,22,24). The smallest absolute Gasteiger partial charge is 0.263 e. The Balaban J connectivity index is 1.40. The molecule has 0 spiro atoms. The summed E-state index contributed by atoms with van der Waals surface area (Å²) in [6, 6.07) is 10.9. The molecular weight excluding hydrogens is 330 g/mol. The lowest BCUT2D eigenvalue weighted by Gasteiger charge is -2.32. The average molecular weight is 358 g/mol. The molecule has 1 aliphatic rings. The first kappa shape index (κ1) is 18.1. The van der Waals surface area contributed by atoms with Crippen molar-refractivity contribution in [2.24, 2.45) is 0 Å². The van der Waals surface area contributed by atoms with Gasteiger partial charge >= 0.3 is 0 Å². The fraction of sp³-hybridized carbons (Fsp3) is 0.500. The molecule has 1 amide bonds. The lowest BCUT2D eigenvalue weighted by Crippen LogP contribution is -2.45. The van der Waals surface area contributed by atoms with Gasteiger partial charge in [0.1, 0.15) is 4.88 Å². The summed E-state index contributed by atoms with van der Waals surface area (Å²) in [5.41, 5.74) is 1.39. The molecule has 1 aromatic carbocycles. The first-order valence-electron chi connectivity index (χ1n) is 9.26. The molecule has 1 fully saturated rings. The quantitative estimate of drug-likeness (QED) is 0.824. The van der Waals surface area contributed by atoms with E-state index >= 15 is 0 Å². The predicted octanol–water partition coefficient (Wildman–Crippen LogP) is 3.53. The van der Waals surface area contributed by atoms with Gasteiger partial charge < -0.3 is 10.2 Å². The van der Waals surface area contributed by atoms with E-state index in [1.165, 1.54) is 16.9 Å². The highest BCUT2D eigenvalue weighted by Crippen LogP contribution is 2.16. The van der Waals surface area contributed by atoms with Crippen LogP contribution in [0.15, 0.2) is 36.5 Å². The molecule has 0 bridgehead atoms. The van der Waals surface area contributed by atoms with Gasteiger partial charge in [-0.2, -0.15) is 0 Å². The summed E-state index contributed by atoms with van der Waals surface area (Å²) in [6.07, 6.45) is 6.90. The van der Waals surface area contributed by atoms with Crippen molar-refractivity contribution in [2.45, 2.75) is 45.1 Å². The highest BCUT2D eigenvalue weighted by atomic mass is 32.1. The van der Waals surface area contributed by atoms with Crippen LogP contribution in [0.1, 0.15) is 46.4 Å². The number of hydrogen-bond acceptors (Lipinski definition) is 4. The molecule has 25 heavy (non-hydrogen) atoms. The first-order valence-corrected chi connectivity index (χ1v) is 10.1. The molecule has 0 aliphatic carbocycles. The van der Waals surface area contributed by atoms with Crippen molar-refractivity contribution in [2.75, 3.05) is 19.6 Å². The Kier molecular flexibility index (Phi) is 6.59. The van der Waals surface area contributed by atoms with Gasteiger partial charge in [-0.05, 0) is 37.7 Å². The van der Waals surface area contributed by atoms with Crippen molar-refractivity contribution in [1.29, 1.82) is 0 Å². The number of piperidine rings is 1. The Labute approximate surface area is 154 Å². The highest BCUT2D eigenvalue weighted by Gasteiger charge is 2.21. The minimum Gasteiger partial charge on any atom is -0.348 e. The van der Waals surface area contributed by atoms with Crippen LogP contribution in [-0.2, 0) is 12.8 Å². The maximum atomic E-state index is 12.4. The third-order valence-electron chi connectivity index (χ3n) is 4.72. The van der Waals surface area contributed by atoms with Gasteiger partial charge in [0.25, 0.3) is 5.91 Å². The van der Waals surface area contributed by atoms with Crippen LogP contribution in [-0.4, -0.2) is 41.5 Å². The van der Waals surface area contributed by atoms with Gasteiger partial charge in [-0.1, -0.05) is 37.3 Å². The number of carbonyl (C=O) groups excluding carboxylic acids is 1. The molecule has 1 aromatic heterocycles. The zero-order valence-electron chi connectivity index (χ0n) is 14.9. The third-order valence-corrected chi connectivity index (χ3v) is 5.78. The van der Waals surface area contributed by atoms with Crippen LogP contribution < -0.4 is 5.32 Å². The van der Waals surface area contributed by atoms with Crippen LogP contribution in [0, 0.1) is 0 Å². The first-order chi connectivity index (χ1) is 12.2. The molecule has 1 aliphatic heterocycles. The lowest BCUT2D eigenvalue weighted by molar-refractivity contribution is 0.0915. The van der Waals surface area contributed by atoms with E-state index in [0.717, 1.165) is 61.6 Å². The van der Waals surface area contributed by atoms with Crippen LogP contribution in [0.5, 0.6) is 0 Å². The molecule has 5 heteroatoms. The van der Waals surface area contributed by atoms with E-state index in [-0.39, 0.29) is 11.9 Å². The van der Waals surface area contributed by atoms with Crippen molar-refractivity contribution in [3.63, 3.8) is 0 Å². The van der Waals surface area contributed by atoms with Crippen LogP contribution in [0.25, 0.3) is 0 Å². The molecule has 0 radical (unpaired) electrons. The minimum absolute atomic E-state index is 0.0441. The minimum atomic E-state index is 0.0441. The second-order valence-electron chi connectivity index (χ2n) is 6.69. The Bertz CT molecular complexity index is 663. The third kappa shape index (κ3) is 5.38. The van der Waals surface area contributed by atoms with Gasteiger partial charge in [-0.15, -0.1) is 11.3 Å². The predicted molar refractivity (Wildman–Crippen MR) is 103 cm³/mol. The van der Waals surface area contributed by atoms with Crippen LogP contribution in [0.3, 0.4) is 0 Å². The second kappa shape index (κ2) is 9.11. The van der Waals surface area contributed by atoms with Gasteiger partial charge in [0, 0.05) is 25.7 Å². The van der Waals surface area contributed by atoms with Crippen LogP contribution in [0.4, 0.5) is 0 Å². The van der Waals surface area contributed by atoms with E-state index in [2.05, 4.69) is 52.5 Å². The molecule has 2 aromatic rings. The number of aryl methyl sites for hydroxylation is 1. The molecule has 1 saturated heterocycles. The van der Waals surface area contributed by atoms with Crippen molar-refractivity contribution in [1.82, 2.24) is 15.2 Å². The van der Waals surface area contributed by atoms with Crippen molar-refractivity contribution in [3.05, 3.63) is 52.0 Å². The molecule has 0 unspecified atom stereocenters. The van der Waals surface area contributed by atoms with Crippen molar-refractivity contribution in [3.8, 4) is 0 Å². The zero-order valence-corrected chi connectivity index (χ0v) is 15.7. The second-order valence-corrected chi connectivity index (χ2v) is 7.81. The SMILES string of the molecule is CCCc1ncc(C(=O)NC2CCN(CCc3ccccc3)CC2)s1. The summed E-state index contributed by atoms with van der Waals surface area (Å²) in [7, 11) is 0. The summed E-state index contributed by atoms with van der Waals surface area (Å²) >= 11 is 1.53. The number of likely N-dealkylation sites (tertiary alicyclic amines) is 1. The molecule has 0 atom stereocenters. The summed E-state index contributed by atoms with van der Waals surface area (Å²) in [4.78, 5) is 20.0. The zero-order chi connectivity index (χ0) is 17.5. The van der Waals surface area contributed by atoms with E-state index in [0.29, 0.717) is 0 Å². The van der Waals surface area contributed by atoms with Crippen molar-refractivity contribution < 1.29 is 4.79 Å². The van der Waals surface area contributed by atoms with Gasteiger partial charge in [0.05, 0.1) is 11.2 Å². The van der Waals surface area contributed by atoms with Crippen LogP contribution in [0.2, 0.25) is 0 Å². The maximum absolute atomic E-state index is 12.4. The topological polar surface area (TPSA) is 45.2 Å². The van der Waals surface area contributed by atoms with Crippen molar-refractivity contribution >= 4 is 17.2 Å².